The molecular formula is C16H15NO3. The van der Waals surface area contributed by atoms with Crippen molar-refractivity contribution < 1.29 is 14.9 Å². The van der Waals surface area contributed by atoms with Gasteiger partial charge in [0.2, 0.25) is 0 Å². The highest BCUT2D eigenvalue weighted by Crippen LogP contribution is 2.55. The maximum Gasteiger partial charge on any atom is 0.115 e. The quantitative estimate of drug-likeness (QED) is 0.752. The van der Waals surface area contributed by atoms with E-state index in [1.807, 2.05) is 6.07 Å². The molecule has 102 valence electrons. The second-order valence-electron chi connectivity index (χ2n) is 5.95. The van der Waals surface area contributed by atoms with Crippen LogP contribution in [-0.4, -0.2) is 22.4 Å². The van der Waals surface area contributed by atoms with Crippen LogP contribution in [0, 0.1) is 17.2 Å². The molecule has 4 atom stereocenters. The van der Waals surface area contributed by atoms with E-state index < -0.39 is 11.5 Å². The Labute approximate surface area is 116 Å². The molecule has 4 nitrogen and oxygen atoms in total. The fraction of sp³-hybridized carbons (Fsp3) is 0.438. The Bertz CT molecular complexity index is 660. The van der Waals surface area contributed by atoms with E-state index in [4.69, 9.17) is 4.74 Å². The Hall–Kier alpha value is -1.99. The molecule has 1 aromatic rings. The van der Waals surface area contributed by atoms with Gasteiger partial charge in [-0.1, -0.05) is 6.07 Å². The lowest BCUT2D eigenvalue weighted by atomic mass is 9.55. The highest BCUT2D eigenvalue weighted by atomic mass is 16.5. The topological polar surface area (TPSA) is 73.5 Å². The van der Waals surface area contributed by atoms with Crippen molar-refractivity contribution in [3.8, 4) is 11.8 Å². The van der Waals surface area contributed by atoms with E-state index in [1.165, 1.54) is 0 Å². The highest BCUT2D eigenvalue weighted by Gasteiger charge is 2.57. The second kappa shape index (κ2) is 3.77. The summed E-state index contributed by atoms with van der Waals surface area (Å²) in [5.74, 6) is 0.0953. The first-order valence-electron chi connectivity index (χ1n) is 6.93. The number of hydrogen-bond acceptors (Lipinski definition) is 4. The Morgan fingerprint density at radius 1 is 1.40 bits per heavy atom. The molecule has 1 fully saturated rings. The molecule has 2 N–H and O–H groups in total. The SMILES string of the molecule is N#C[C@]12CC[C@H](O)C3=CO[C@H](Cc4ccc(O)cc41)[C@@H]32. The Morgan fingerprint density at radius 2 is 2.25 bits per heavy atom. The molecule has 1 heterocycles. The lowest BCUT2D eigenvalue weighted by Gasteiger charge is -2.46. The predicted octanol–water partition coefficient (Wildman–Crippen LogP) is 1.76. The lowest BCUT2D eigenvalue weighted by Crippen LogP contribution is -2.50. The van der Waals surface area contributed by atoms with E-state index in [1.54, 1.807) is 18.4 Å². The number of phenolic OH excluding ortho intramolecular Hbond substituents is 1. The van der Waals surface area contributed by atoms with Gasteiger partial charge in [-0.25, -0.2) is 0 Å². The number of rotatable bonds is 0. The molecule has 0 amide bonds. The van der Waals surface area contributed by atoms with Crippen LogP contribution in [0.25, 0.3) is 0 Å². The van der Waals surface area contributed by atoms with E-state index in [0.29, 0.717) is 12.8 Å². The molecule has 0 bridgehead atoms. The van der Waals surface area contributed by atoms with Gasteiger partial charge in [-0.3, -0.25) is 0 Å². The van der Waals surface area contributed by atoms with Gasteiger partial charge in [-0.05, 0) is 36.1 Å². The number of aliphatic hydroxyl groups is 1. The predicted molar refractivity (Wildman–Crippen MR) is 70.8 cm³/mol. The molecule has 0 unspecified atom stereocenters. The van der Waals surface area contributed by atoms with E-state index in [9.17, 15) is 15.5 Å². The van der Waals surface area contributed by atoms with Crippen molar-refractivity contribution in [2.45, 2.75) is 36.9 Å². The number of nitrogens with zero attached hydrogens (tertiary/aromatic N) is 1. The van der Waals surface area contributed by atoms with Gasteiger partial charge in [0.25, 0.3) is 0 Å². The number of benzene rings is 1. The monoisotopic (exact) mass is 269 g/mol. The number of ether oxygens (including phenoxy) is 1. The Balaban J connectivity index is 1.96. The summed E-state index contributed by atoms with van der Waals surface area (Å²) < 4.78 is 5.72. The summed E-state index contributed by atoms with van der Waals surface area (Å²) in [5, 5.41) is 29.8. The maximum atomic E-state index is 10.1. The van der Waals surface area contributed by atoms with Crippen molar-refractivity contribution in [1.82, 2.24) is 0 Å². The first kappa shape index (κ1) is 11.8. The van der Waals surface area contributed by atoms with Gasteiger partial charge in [0.05, 0.1) is 23.9 Å². The molecule has 0 saturated heterocycles. The largest absolute Gasteiger partial charge is 0.508 e. The van der Waals surface area contributed by atoms with Gasteiger partial charge in [-0.15, -0.1) is 0 Å². The zero-order chi connectivity index (χ0) is 13.9. The van der Waals surface area contributed by atoms with Gasteiger partial charge in [0.15, 0.2) is 0 Å². The lowest BCUT2D eigenvalue weighted by molar-refractivity contribution is 0.0634. The van der Waals surface area contributed by atoms with Gasteiger partial charge >= 0.3 is 0 Å². The average Bonchev–Trinajstić information content (AvgIpc) is 2.88. The summed E-state index contributed by atoms with van der Waals surface area (Å²) in [4.78, 5) is 0. The Kier molecular flexibility index (Phi) is 2.22. The summed E-state index contributed by atoms with van der Waals surface area (Å²) in [6.07, 6.45) is 2.94. The van der Waals surface area contributed by atoms with Gasteiger partial charge < -0.3 is 14.9 Å². The molecule has 20 heavy (non-hydrogen) atoms. The number of nitriles is 1. The number of aliphatic hydroxyl groups excluding tert-OH is 1. The zero-order valence-corrected chi connectivity index (χ0v) is 10.9. The van der Waals surface area contributed by atoms with Crippen LogP contribution in [0.4, 0.5) is 0 Å². The average molecular weight is 269 g/mol. The highest BCUT2D eigenvalue weighted by molar-refractivity contribution is 5.51. The molecule has 1 aromatic carbocycles. The van der Waals surface area contributed by atoms with E-state index >= 15 is 0 Å². The van der Waals surface area contributed by atoms with E-state index in [2.05, 4.69) is 6.07 Å². The molecule has 2 aliphatic carbocycles. The summed E-state index contributed by atoms with van der Waals surface area (Å²) in [6.45, 7) is 0. The molecule has 4 heteroatoms. The molecule has 3 aliphatic rings. The van der Waals surface area contributed by atoms with Crippen LogP contribution in [0.5, 0.6) is 5.75 Å². The third kappa shape index (κ3) is 1.28. The minimum atomic E-state index is -0.682. The van der Waals surface area contributed by atoms with Crippen molar-refractivity contribution in [2.75, 3.05) is 0 Å². The molecule has 1 saturated carbocycles. The molecule has 1 aliphatic heterocycles. The van der Waals surface area contributed by atoms with Crippen LogP contribution in [0.1, 0.15) is 24.0 Å². The normalized spacial score (nSPS) is 37.2. The second-order valence-corrected chi connectivity index (χ2v) is 5.95. The summed E-state index contributed by atoms with van der Waals surface area (Å²) >= 11 is 0. The Morgan fingerprint density at radius 3 is 3.05 bits per heavy atom. The van der Waals surface area contributed by atoms with Crippen LogP contribution in [0.15, 0.2) is 30.0 Å². The molecule has 4 rings (SSSR count). The van der Waals surface area contributed by atoms with E-state index in [0.717, 1.165) is 23.1 Å². The van der Waals surface area contributed by atoms with Gasteiger partial charge in [0.1, 0.15) is 11.9 Å². The van der Waals surface area contributed by atoms with Crippen LogP contribution >= 0.6 is 0 Å². The van der Waals surface area contributed by atoms with Crippen LogP contribution in [-0.2, 0) is 16.6 Å². The van der Waals surface area contributed by atoms with Gasteiger partial charge in [-0.2, -0.15) is 5.26 Å². The van der Waals surface area contributed by atoms with Crippen molar-refractivity contribution in [3.05, 3.63) is 41.2 Å². The summed E-state index contributed by atoms with van der Waals surface area (Å²) in [7, 11) is 0. The van der Waals surface area contributed by atoms with Gasteiger partial charge in [0, 0.05) is 17.9 Å². The number of phenols is 1. The fourth-order valence-corrected chi connectivity index (χ4v) is 4.14. The van der Waals surface area contributed by atoms with Crippen LogP contribution in [0.3, 0.4) is 0 Å². The standard InChI is InChI=1S/C16H15NO3/c17-8-16-4-3-13(19)11-7-20-14(15(11)16)5-9-1-2-10(18)6-12(9)16/h1-2,6-7,13-15,18-19H,3-5H2/t13-,14+,15+,16+/m0/s1. The molecule has 0 spiro atoms. The number of hydrogen-bond donors (Lipinski definition) is 2. The number of aromatic hydroxyl groups is 1. The smallest absolute Gasteiger partial charge is 0.115 e. The number of fused-ring (bicyclic) bond motifs is 2. The zero-order valence-electron chi connectivity index (χ0n) is 10.9. The van der Waals surface area contributed by atoms with E-state index in [-0.39, 0.29) is 17.8 Å². The third-order valence-electron chi connectivity index (χ3n) is 5.03. The van der Waals surface area contributed by atoms with Crippen molar-refractivity contribution >= 4 is 0 Å². The van der Waals surface area contributed by atoms with Crippen LogP contribution < -0.4 is 0 Å². The third-order valence-corrected chi connectivity index (χ3v) is 5.03. The van der Waals surface area contributed by atoms with Crippen molar-refractivity contribution in [2.24, 2.45) is 5.92 Å². The fourth-order valence-electron chi connectivity index (χ4n) is 4.14. The molecule has 0 aromatic heterocycles. The first-order chi connectivity index (χ1) is 9.65. The molecule has 0 radical (unpaired) electrons. The molecular weight excluding hydrogens is 254 g/mol. The summed E-state index contributed by atoms with van der Waals surface area (Å²) in [6, 6.07) is 7.73. The van der Waals surface area contributed by atoms with Crippen molar-refractivity contribution in [3.63, 3.8) is 0 Å². The maximum absolute atomic E-state index is 10.1. The first-order valence-corrected chi connectivity index (χ1v) is 6.93. The minimum Gasteiger partial charge on any atom is -0.508 e. The minimum absolute atomic E-state index is 0.0726. The summed E-state index contributed by atoms with van der Waals surface area (Å²) in [5.41, 5.74) is 2.14. The van der Waals surface area contributed by atoms with Crippen molar-refractivity contribution in [1.29, 1.82) is 5.26 Å². The van der Waals surface area contributed by atoms with Crippen LogP contribution in [0.2, 0.25) is 0 Å².